The van der Waals surface area contributed by atoms with Gasteiger partial charge in [0, 0.05) is 23.6 Å². The molecule has 3 heteroatoms. The van der Waals surface area contributed by atoms with Crippen molar-refractivity contribution < 1.29 is 9.84 Å². The van der Waals surface area contributed by atoms with Crippen LogP contribution in [0.25, 0.3) is 10.8 Å². The average molecular weight is 287 g/mol. The lowest BCUT2D eigenvalue weighted by atomic mass is 10.0. The van der Waals surface area contributed by atoms with Crippen LogP contribution in [0, 0.1) is 0 Å². The van der Waals surface area contributed by atoms with Crippen LogP contribution in [0.15, 0.2) is 36.4 Å². The third kappa shape index (κ3) is 4.19. The summed E-state index contributed by atoms with van der Waals surface area (Å²) in [5, 5.41) is 11.1. The van der Waals surface area contributed by atoms with Gasteiger partial charge >= 0.3 is 0 Å². The first-order valence-corrected chi connectivity index (χ1v) is 7.75. The number of aliphatic hydroxyl groups excluding tert-OH is 1. The Bertz CT molecular complexity index is 566. The van der Waals surface area contributed by atoms with Crippen molar-refractivity contribution in [1.29, 1.82) is 0 Å². The molecule has 0 unspecified atom stereocenters. The van der Waals surface area contributed by atoms with Gasteiger partial charge in [-0.05, 0) is 31.6 Å². The van der Waals surface area contributed by atoms with Crippen molar-refractivity contribution in [2.75, 3.05) is 13.2 Å². The number of benzene rings is 2. The summed E-state index contributed by atoms with van der Waals surface area (Å²) in [7, 11) is 0. The SMILES string of the molecule is C[C@H](N)c1ccc2ccccc2c1OCCCCCCO. The Morgan fingerprint density at radius 1 is 1.05 bits per heavy atom. The lowest BCUT2D eigenvalue weighted by molar-refractivity contribution is 0.273. The van der Waals surface area contributed by atoms with Gasteiger partial charge in [0.2, 0.25) is 0 Å². The molecule has 3 N–H and O–H groups in total. The Morgan fingerprint density at radius 2 is 1.81 bits per heavy atom. The lowest BCUT2D eigenvalue weighted by Crippen LogP contribution is -2.09. The summed E-state index contributed by atoms with van der Waals surface area (Å²) in [5.41, 5.74) is 7.13. The van der Waals surface area contributed by atoms with E-state index in [2.05, 4.69) is 24.3 Å². The summed E-state index contributed by atoms with van der Waals surface area (Å²) in [6.07, 6.45) is 4.01. The molecule has 21 heavy (non-hydrogen) atoms. The molecule has 2 rings (SSSR count). The summed E-state index contributed by atoms with van der Waals surface area (Å²) in [6.45, 7) is 2.95. The molecule has 0 amide bonds. The van der Waals surface area contributed by atoms with Crippen molar-refractivity contribution in [2.24, 2.45) is 5.73 Å². The Labute approximate surface area is 126 Å². The monoisotopic (exact) mass is 287 g/mol. The molecular weight excluding hydrogens is 262 g/mol. The zero-order valence-electron chi connectivity index (χ0n) is 12.7. The van der Waals surface area contributed by atoms with Gasteiger partial charge in [-0.2, -0.15) is 0 Å². The normalized spacial score (nSPS) is 12.5. The van der Waals surface area contributed by atoms with E-state index in [1.54, 1.807) is 0 Å². The molecular formula is C18H25NO2. The van der Waals surface area contributed by atoms with E-state index in [1.807, 2.05) is 19.1 Å². The second-order valence-corrected chi connectivity index (χ2v) is 5.48. The molecule has 0 aliphatic rings. The van der Waals surface area contributed by atoms with Crippen molar-refractivity contribution in [3.8, 4) is 5.75 Å². The summed E-state index contributed by atoms with van der Waals surface area (Å²) in [6, 6.07) is 12.4. The summed E-state index contributed by atoms with van der Waals surface area (Å²) < 4.78 is 6.05. The molecule has 2 aromatic carbocycles. The quantitative estimate of drug-likeness (QED) is 0.726. The standard InChI is InChI=1S/C18H25NO2/c1-14(19)16-11-10-15-8-4-5-9-17(15)18(16)21-13-7-3-2-6-12-20/h4-5,8-11,14,20H,2-3,6-7,12-13,19H2,1H3/t14-/m0/s1. The Kier molecular flexibility index (Phi) is 6.03. The molecule has 0 bridgehead atoms. The number of ether oxygens (including phenoxy) is 1. The van der Waals surface area contributed by atoms with Gasteiger partial charge in [0.15, 0.2) is 0 Å². The molecule has 0 fully saturated rings. The molecule has 3 nitrogen and oxygen atoms in total. The van der Waals surface area contributed by atoms with E-state index in [0.29, 0.717) is 6.61 Å². The maximum Gasteiger partial charge on any atom is 0.131 e. The number of nitrogens with two attached hydrogens (primary N) is 1. The molecule has 0 aliphatic carbocycles. The van der Waals surface area contributed by atoms with Gasteiger partial charge in [0.05, 0.1) is 6.61 Å². The maximum absolute atomic E-state index is 8.77. The first-order valence-electron chi connectivity index (χ1n) is 7.75. The molecule has 0 radical (unpaired) electrons. The number of hydrogen-bond donors (Lipinski definition) is 2. The van der Waals surface area contributed by atoms with Gasteiger partial charge in [-0.25, -0.2) is 0 Å². The number of rotatable bonds is 8. The first kappa shape index (κ1) is 15.8. The van der Waals surface area contributed by atoms with Crippen molar-refractivity contribution in [3.05, 3.63) is 42.0 Å². The smallest absolute Gasteiger partial charge is 0.131 e. The van der Waals surface area contributed by atoms with Gasteiger partial charge < -0.3 is 15.6 Å². The van der Waals surface area contributed by atoms with E-state index in [-0.39, 0.29) is 12.6 Å². The minimum atomic E-state index is -0.0426. The summed E-state index contributed by atoms with van der Waals surface area (Å²) in [4.78, 5) is 0. The predicted octanol–water partition coefficient (Wildman–Crippen LogP) is 3.79. The highest BCUT2D eigenvalue weighted by Crippen LogP contribution is 2.33. The number of fused-ring (bicyclic) bond motifs is 1. The van der Waals surface area contributed by atoms with Crippen LogP contribution in [0.1, 0.15) is 44.2 Å². The van der Waals surface area contributed by atoms with E-state index in [9.17, 15) is 0 Å². The number of hydrogen-bond acceptors (Lipinski definition) is 3. The molecule has 0 heterocycles. The molecule has 0 aromatic heterocycles. The third-order valence-corrected chi connectivity index (χ3v) is 3.70. The van der Waals surface area contributed by atoms with Crippen molar-refractivity contribution in [3.63, 3.8) is 0 Å². The van der Waals surface area contributed by atoms with E-state index in [4.69, 9.17) is 15.6 Å². The topological polar surface area (TPSA) is 55.5 Å². The lowest BCUT2D eigenvalue weighted by Gasteiger charge is -2.16. The highest BCUT2D eigenvalue weighted by molar-refractivity contribution is 5.89. The predicted molar refractivity (Wildman–Crippen MR) is 87.6 cm³/mol. The maximum atomic E-state index is 8.77. The zero-order valence-corrected chi connectivity index (χ0v) is 12.7. The van der Waals surface area contributed by atoms with Crippen LogP contribution < -0.4 is 10.5 Å². The van der Waals surface area contributed by atoms with Crippen molar-refractivity contribution >= 4 is 10.8 Å². The largest absolute Gasteiger partial charge is 0.493 e. The minimum absolute atomic E-state index is 0.0426. The second kappa shape index (κ2) is 8.01. The van der Waals surface area contributed by atoms with Gasteiger partial charge in [0.25, 0.3) is 0 Å². The Balaban J connectivity index is 2.10. The fourth-order valence-electron chi connectivity index (χ4n) is 2.52. The molecule has 0 saturated heterocycles. The van der Waals surface area contributed by atoms with Crippen LogP contribution in [0.4, 0.5) is 0 Å². The van der Waals surface area contributed by atoms with Gasteiger partial charge in [-0.15, -0.1) is 0 Å². The van der Waals surface area contributed by atoms with E-state index >= 15 is 0 Å². The second-order valence-electron chi connectivity index (χ2n) is 5.48. The van der Waals surface area contributed by atoms with Gasteiger partial charge in [-0.1, -0.05) is 42.8 Å². The highest BCUT2D eigenvalue weighted by Gasteiger charge is 2.11. The van der Waals surface area contributed by atoms with Crippen LogP contribution in [0.5, 0.6) is 5.75 Å². The van der Waals surface area contributed by atoms with Gasteiger partial charge in [-0.3, -0.25) is 0 Å². The minimum Gasteiger partial charge on any atom is -0.493 e. The first-order chi connectivity index (χ1) is 10.2. The van der Waals surface area contributed by atoms with Crippen LogP contribution in [-0.4, -0.2) is 18.3 Å². The number of aliphatic hydroxyl groups is 1. The van der Waals surface area contributed by atoms with Crippen LogP contribution >= 0.6 is 0 Å². The van der Waals surface area contributed by atoms with E-state index < -0.39 is 0 Å². The number of unbranched alkanes of at least 4 members (excludes halogenated alkanes) is 3. The van der Waals surface area contributed by atoms with E-state index in [1.165, 1.54) is 5.39 Å². The fourth-order valence-corrected chi connectivity index (χ4v) is 2.52. The van der Waals surface area contributed by atoms with Crippen LogP contribution in [-0.2, 0) is 0 Å². The molecule has 0 spiro atoms. The molecule has 2 aromatic rings. The fraction of sp³-hybridized carbons (Fsp3) is 0.444. The van der Waals surface area contributed by atoms with Crippen LogP contribution in [0.3, 0.4) is 0 Å². The Morgan fingerprint density at radius 3 is 2.57 bits per heavy atom. The molecule has 114 valence electrons. The van der Waals surface area contributed by atoms with Crippen molar-refractivity contribution in [1.82, 2.24) is 0 Å². The summed E-state index contributed by atoms with van der Waals surface area (Å²) in [5.74, 6) is 0.922. The molecule has 1 atom stereocenters. The van der Waals surface area contributed by atoms with Gasteiger partial charge in [0.1, 0.15) is 5.75 Å². The summed E-state index contributed by atoms with van der Waals surface area (Å²) >= 11 is 0. The van der Waals surface area contributed by atoms with E-state index in [0.717, 1.165) is 42.4 Å². The Hall–Kier alpha value is -1.58. The molecule has 0 saturated carbocycles. The van der Waals surface area contributed by atoms with Crippen molar-refractivity contribution in [2.45, 2.75) is 38.6 Å². The van der Waals surface area contributed by atoms with Crippen LogP contribution in [0.2, 0.25) is 0 Å². The average Bonchev–Trinajstić information content (AvgIpc) is 2.50. The zero-order chi connectivity index (χ0) is 15.1. The third-order valence-electron chi connectivity index (χ3n) is 3.70. The molecule has 0 aliphatic heterocycles. The highest BCUT2D eigenvalue weighted by atomic mass is 16.5.